The molecule has 0 aromatic rings. The predicted molar refractivity (Wildman–Crippen MR) is 41.9 cm³/mol. The standard InChI is InChI=1S/C11H14/c1-9-5-11(9)3-2-10-4-6(10)7(10)8(9)11/h6-8H,2-5H2,1H3. The lowest BCUT2D eigenvalue weighted by Gasteiger charge is -2.24. The molecule has 0 amide bonds. The molecule has 5 rings (SSSR count). The Balaban J connectivity index is 1.69. The zero-order valence-electron chi connectivity index (χ0n) is 7.06. The lowest BCUT2D eigenvalue weighted by atomic mass is 9.80. The Bertz CT molecular complexity index is 307. The summed E-state index contributed by atoms with van der Waals surface area (Å²) < 4.78 is 0. The zero-order valence-corrected chi connectivity index (χ0v) is 7.06. The third kappa shape index (κ3) is 0.246. The molecule has 0 aromatic carbocycles. The smallest absolute Gasteiger partial charge is 0.0198 e. The molecule has 5 saturated carbocycles. The van der Waals surface area contributed by atoms with Gasteiger partial charge in [-0.05, 0) is 59.7 Å². The van der Waals surface area contributed by atoms with Crippen LogP contribution in [-0.2, 0) is 0 Å². The number of hydrogen-bond donors (Lipinski definition) is 0. The van der Waals surface area contributed by atoms with Crippen molar-refractivity contribution < 1.29 is 0 Å². The summed E-state index contributed by atoms with van der Waals surface area (Å²) in [5, 5.41) is 0. The summed E-state index contributed by atoms with van der Waals surface area (Å²) in [6.07, 6.45) is 6.51. The third-order valence-electron chi connectivity index (χ3n) is 6.46. The number of rotatable bonds is 0. The fourth-order valence-corrected chi connectivity index (χ4v) is 5.39. The minimum atomic E-state index is 0.911. The molecule has 0 heterocycles. The molecule has 0 radical (unpaired) electrons. The van der Waals surface area contributed by atoms with Crippen LogP contribution in [0.3, 0.4) is 0 Å². The Labute approximate surface area is 67.4 Å². The van der Waals surface area contributed by atoms with Gasteiger partial charge in [0.2, 0.25) is 0 Å². The third-order valence-corrected chi connectivity index (χ3v) is 6.46. The molecule has 5 aliphatic rings. The van der Waals surface area contributed by atoms with Crippen molar-refractivity contribution in [2.45, 2.75) is 32.6 Å². The number of fused-ring (bicyclic) bond motifs is 3. The maximum atomic E-state index is 2.56. The van der Waals surface area contributed by atoms with Gasteiger partial charge in [0.05, 0.1) is 0 Å². The van der Waals surface area contributed by atoms with Crippen molar-refractivity contribution in [1.29, 1.82) is 0 Å². The van der Waals surface area contributed by atoms with E-state index in [4.69, 9.17) is 0 Å². The van der Waals surface area contributed by atoms with Crippen LogP contribution in [-0.4, -0.2) is 0 Å². The molecule has 0 aromatic heterocycles. The molecule has 5 fully saturated rings. The molecular weight excluding hydrogens is 132 g/mol. The summed E-state index contributed by atoms with van der Waals surface area (Å²) in [4.78, 5) is 0. The van der Waals surface area contributed by atoms with Gasteiger partial charge in [-0.2, -0.15) is 0 Å². The topological polar surface area (TPSA) is 0 Å². The Morgan fingerprint density at radius 1 is 1.27 bits per heavy atom. The van der Waals surface area contributed by atoms with Crippen LogP contribution in [0.1, 0.15) is 32.6 Å². The average Bonchev–Trinajstić information content (AvgIpc) is 2.76. The molecule has 0 heteroatoms. The average molecular weight is 146 g/mol. The van der Waals surface area contributed by atoms with E-state index in [9.17, 15) is 0 Å². The van der Waals surface area contributed by atoms with E-state index >= 15 is 0 Å². The van der Waals surface area contributed by atoms with Gasteiger partial charge in [0.15, 0.2) is 0 Å². The lowest BCUT2D eigenvalue weighted by molar-refractivity contribution is 0.241. The Morgan fingerprint density at radius 2 is 2.18 bits per heavy atom. The highest BCUT2D eigenvalue weighted by atomic mass is 15.0. The molecule has 0 N–H and O–H groups in total. The molecule has 0 saturated heterocycles. The van der Waals surface area contributed by atoms with Crippen LogP contribution in [0.15, 0.2) is 0 Å². The van der Waals surface area contributed by atoms with E-state index in [1.54, 1.807) is 25.7 Å². The van der Waals surface area contributed by atoms with Crippen LogP contribution in [0.4, 0.5) is 0 Å². The molecule has 0 bridgehead atoms. The highest BCUT2D eigenvalue weighted by molar-refractivity contribution is 5.46. The van der Waals surface area contributed by atoms with E-state index in [0.29, 0.717) is 0 Å². The van der Waals surface area contributed by atoms with Gasteiger partial charge in [-0.3, -0.25) is 0 Å². The van der Waals surface area contributed by atoms with Crippen LogP contribution in [0.2, 0.25) is 0 Å². The van der Waals surface area contributed by atoms with Gasteiger partial charge in [0, 0.05) is 0 Å². The zero-order chi connectivity index (χ0) is 7.06. The van der Waals surface area contributed by atoms with Crippen LogP contribution < -0.4 is 0 Å². The van der Waals surface area contributed by atoms with Crippen molar-refractivity contribution in [2.75, 3.05) is 0 Å². The fourth-order valence-electron chi connectivity index (χ4n) is 5.39. The van der Waals surface area contributed by atoms with Gasteiger partial charge in [-0.1, -0.05) is 6.92 Å². The van der Waals surface area contributed by atoms with E-state index < -0.39 is 0 Å². The van der Waals surface area contributed by atoms with Crippen molar-refractivity contribution >= 4 is 0 Å². The number of hydrogen-bond acceptors (Lipinski definition) is 0. The van der Waals surface area contributed by atoms with Gasteiger partial charge < -0.3 is 0 Å². The first-order chi connectivity index (χ1) is 5.25. The van der Waals surface area contributed by atoms with Crippen LogP contribution in [0.25, 0.3) is 0 Å². The molecular formula is C11H14. The summed E-state index contributed by atoms with van der Waals surface area (Å²) in [7, 11) is 0. The molecule has 2 spiro atoms. The molecule has 6 unspecified atom stereocenters. The molecule has 11 heavy (non-hydrogen) atoms. The Hall–Kier alpha value is 0. The maximum absolute atomic E-state index is 2.56. The van der Waals surface area contributed by atoms with Gasteiger partial charge in [-0.15, -0.1) is 0 Å². The van der Waals surface area contributed by atoms with Crippen molar-refractivity contribution in [3.63, 3.8) is 0 Å². The largest absolute Gasteiger partial charge is 0.0588 e. The normalized spacial score (nSPS) is 90.8. The minimum absolute atomic E-state index is 0.911. The molecule has 0 nitrogen and oxygen atoms in total. The summed E-state index contributed by atoms with van der Waals surface area (Å²) >= 11 is 0. The van der Waals surface area contributed by atoms with Gasteiger partial charge >= 0.3 is 0 Å². The van der Waals surface area contributed by atoms with Crippen molar-refractivity contribution in [2.24, 2.45) is 34.0 Å². The van der Waals surface area contributed by atoms with Crippen LogP contribution in [0, 0.1) is 34.0 Å². The summed E-state index contributed by atoms with van der Waals surface area (Å²) in [5.74, 6) is 3.79. The Morgan fingerprint density at radius 3 is 2.82 bits per heavy atom. The first-order valence-electron chi connectivity index (χ1n) is 5.25. The van der Waals surface area contributed by atoms with E-state index in [1.807, 2.05) is 0 Å². The van der Waals surface area contributed by atoms with Crippen molar-refractivity contribution in [3.8, 4) is 0 Å². The van der Waals surface area contributed by atoms with Gasteiger partial charge in [-0.25, -0.2) is 0 Å². The molecule has 0 aliphatic heterocycles. The quantitative estimate of drug-likeness (QED) is 0.492. The van der Waals surface area contributed by atoms with Gasteiger partial charge in [0.25, 0.3) is 0 Å². The highest BCUT2D eigenvalue weighted by Gasteiger charge is 2.99. The lowest BCUT2D eigenvalue weighted by Crippen LogP contribution is -2.17. The van der Waals surface area contributed by atoms with Crippen LogP contribution in [0.5, 0.6) is 0 Å². The Kier molecular flexibility index (Phi) is 0.375. The maximum Gasteiger partial charge on any atom is -0.0198 e. The molecule has 6 atom stereocenters. The predicted octanol–water partition coefficient (Wildman–Crippen LogP) is 2.44. The fraction of sp³-hybridized carbons (Fsp3) is 1.00. The van der Waals surface area contributed by atoms with E-state index in [0.717, 1.165) is 16.2 Å². The first-order valence-corrected chi connectivity index (χ1v) is 5.25. The second-order valence-electron chi connectivity index (χ2n) is 6.30. The van der Waals surface area contributed by atoms with E-state index in [2.05, 4.69) is 6.92 Å². The van der Waals surface area contributed by atoms with Crippen molar-refractivity contribution in [3.05, 3.63) is 0 Å². The van der Waals surface area contributed by atoms with Crippen molar-refractivity contribution in [1.82, 2.24) is 0 Å². The summed E-state index contributed by atoms with van der Waals surface area (Å²) in [6, 6.07) is 0. The molecule has 58 valence electrons. The van der Waals surface area contributed by atoms with E-state index in [-0.39, 0.29) is 0 Å². The summed E-state index contributed by atoms with van der Waals surface area (Å²) in [5.41, 5.74) is 2.89. The van der Waals surface area contributed by atoms with Gasteiger partial charge in [0.1, 0.15) is 0 Å². The second kappa shape index (κ2) is 0.843. The second-order valence-corrected chi connectivity index (χ2v) is 6.30. The van der Waals surface area contributed by atoms with E-state index in [1.165, 1.54) is 17.8 Å². The van der Waals surface area contributed by atoms with Crippen LogP contribution >= 0.6 is 0 Å². The highest BCUT2D eigenvalue weighted by Crippen LogP contribution is 3.05. The minimum Gasteiger partial charge on any atom is -0.0588 e. The SMILES string of the molecule is CC12CC13CCC14CC1C4C23. The molecule has 5 aliphatic carbocycles. The monoisotopic (exact) mass is 146 g/mol. The first kappa shape index (κ1) is 4.89. The summed E-state index contributed by atoms with van der Waals surface area (Å²) in [6.45, 7) is 2.56.